The summed E-state index contributed by atoms with van der Waals surface area (Å²) >= 11 is 0. The molecule has 0 saturated carbocycles. The van der Waals surface area contributed by atoms with E-state index in [2.05, 4.69) is 15.3 Å². The molecule has 0 amide bonds. The SMILES string of the molecule is CC(CNc1cc(N)nc(C(F)(F)F)n1)N(C)C. The lowest BCUT2D eigenvalue weighted by Gasteiger charge is -2.20. The summed E-state index contributed by atoms with van der Waals surface area (Å²) in [6.45, 7) is 2.39. The molecule has 1 unspecified atom stereocenters. The Morgan fingerprint density at radius 3 is 2.50 bits per heavy atom. The van der Waals surface area contributed by atoms with E-state index in [9.17, 15) is 13.2 Å². The number of likely N-dealkylation sites (N-methyl/N-ethyl adjacent to an activating group) is 1. The monoisotopic (exact) mass is 263 g/mol. The van der Waals surface area contributed by atoms with Gasteiger partial charge in [-0.3, -0.25) is 0 Å². The molecule has 0 radical (unpaired) electrons. The first-order valence-electron chi connectivity index (χ1n) is 5.32. The highest BCUT2D eigenvalue weighted by molar-refractivity contribution is 5.45. The van der Waals surface area contributed by atoms with Crippen LogP contribution in [0, 0.1) is 0 Å². The molecule has 8 heteroatoms. The minimum Gasteiger partial charge on any atom is -0.384 e. The third kappa shape index (κ3) is 4.02. The van der Waals surface area contributed by atoms with E-state index < -0.39 is 12.0 Å². The van der Waals surface area contributed by atoms with Crippen LogP contribution in [0.3, 0.4) is 0 Å². The fourth-order valence-corrected chi connectivity index (χ4v) is 1.12. The molecule has 18 heavy (non-hydrogen) atoms. The smallest absolute Gasteiger partial charge is 0.384 e. The van der Waals surface area contributed by atoms with Gasteiger partial charge in [0.25, 0.3) is 0 Å². The summed E-state index contributed by atoms with van der Waals surface area (Å²) in [6.07, 6.45) is -4.60. The van der Waals surface area contributed by atoms with Gasteiger partial charge in [-0.25, -0.2) is 9.97 Å². The zero-order valence-electron chi connectivity index (χ0n) is 10.4. The molecule has 0 saturated heterocycles. The van der Waals surface area contributed by atoms with Crippen molar-refractivity contribution < 1.29 is 13.2 Å². The molecule has 1 heterocycles. The minimum absolute atomic E-state index is 0.0727. The summed E-state index contributed by atoms with van der Waals surface area (Å²) in [5.74, 6) is -1.37. The van der Waals surface area contributed by atoms with Crippen LogP contribution in [0.5, 0.6) is 0 Å². The first-order chi connectivity index (χ1) is 8.20. The first-order valence-corrected chi connectivity index (χ1v) is 5.32. The molecule has 3 N–H and O–H groups in total. The average molecular weight is 263 g/mol. The highest BCUT2D eigenvalue weighted by Crippen LogP contribution is 2.27. The first kappa shape index (κ1) is 14.5. The van der Waals surface area contributed by atoms with Crippen LogP contribution in [0.1, 0.15) is 12.7 Å². The molecule has 102 valence electrons. The Kier molecular flexibility index (Phi) is 4.33. The number of rotatable bonds is 4. The Bertz CT molecular complexity index is 405. The predicted octanol–water partition coefficient (Wildman–Crippen LogP) is 1.44. The number of aromatic nitrogens is 2. The van der Waals surface area contributed by atoms with Gasteiger partial charge in [0.15, 0.2) is 0 Å². The predicted molar refractivity (Wildman–Crippen MR) is 63.1 cm³/mol. The number of nitrogens with two attached hydrogens (primary N) is 1. The highest BCUT2D eigenvalue weighted by Gasteiger charge is 2.35. The van der Waals surface area contributed by atoms with Crippen molar-refractivity contribution in [3.05, 3.63) is 11.9 Å². The van der Waals surface area contributed by atoms with Gasteiger partial charge in [-0.15, -0.1) is 0 Å². The number of anilines is 2. The number of alkyl halides is 3. The molecule has 0 aliphatic carbocycles. The molecule has 5 nitrogen and oxygen atoms in total. The zero-order chi connectivity index (χ0) is 13.9. The second kappa shape index (κ2) is 5.38. The standard InChI is InChI=1S/C10H16F3N5/c1-6(18(2)3)5-15-8-4-7(14)16-9(17-8)10(11,12)13/h4,6H,5H2,1-3H3,(H3,14,15,16,17). The van der Waals surface area contributed by atoms with E-state index in [0.29, 0.717) is 6.54 Å². The van der Waals surface area contributed by atoms with E-state index in [4.69, 9.17) is 5.73 Å². The number of halogens is 3. The van der Waals surface area contributed by atoms with Crippen molar-refractivity contribution in [1.29, 1.82) is 0 Å². The lowest BCUT2D eigenvalue weighted by Crippen LogP contribution is -2.31. The van der Waals surface area contributed by atoms with Crippen LogP contribution in [-0.4, -0.2) is 41.5 Å². The minimum atomic E-state index is -4.60. The fourth-order valence-electron chi connectivity index (χ4n) is 1.12. The van der Waals surface area contributed by atoms with Gasteiger partial charge in [0, 0.05) is 18.7 Å². The van der Waals surface area contributed by atoms with Gasteiger partial charge in [-0.05, 0) is 21.0 Å². The van der Waals surface area contributed by atoms with Gasteiger partial charge in [0.1, 0.15) is 11.6 Å². The second-order valence-electron chi connectivity index (χ2n) is 4.19. The van der Waals surface area contributed by atoms with Crippen LogP contribution in [-0.2, 0) is 6.18 Å². The van der Waals surface area contributed by atoms with Crippen LogP contribution in [0.25, 0.3) is 0 Å². The Hall–Kier alpha value is -1.57. The summed E-state index contributed by atoms with van der Waals surface area (Å²) < 4.78 is 37.4. The van der Waals surface area contributed by atoms with E-state index in [0.717, 1.165) is 0 Å². The third-order valence-electron chi connectivity index (χ3n) is 2.46. The molecule has 1 aromatic heterocycles. The topological polar surface area (TPSA) is 67.1 Å². The van der Waals surface area contributed by atoms with E-state index in [1.165, 1.54) is 6.07 Å². The zero-order valence-corrected chi connectivity index (χ0v) is 10.4. The van der Waals surface area contributed by atoms with Crippen LogP contribution < -0.4 is 11.1 Å². The fraction of sp³-hybridized carbons (Fsp3) is 0.600. The van der Waals surface area contributed by atoms with Crippen molar-refractivity contribution in [3.8, 4) is 0 Å². The van der Waals surface area contributed by atoms with Crippen molar-refractivity contribution >= 4 is 11.6 Å². The van der Waals surface area contributed by atoms with Gasteiger partial charge in [-0.2, -0.15) is 13.2 Å². The largest absolute Gasteiger partial charge is 0.451 e. The average Bonchev–Trinajstić information content (AvgIpc) is 2.23. The molecule has 0 spiro atoms. The Labute approximate surface area is 103 Å². The van der Waals surface area contributed by atoms with Crippen molar-refractivity contribution in [2.45, 2.75) is 19.1 Å². The molecule has 1 rings (SSSR count). The Morgan fingerprint density at radius 2 is 2.00 bits per heavy atom. The molecule has 0 bridgehead atoms. The van der Waals surface area contributed by atoms with Gasteiger partial charge >= 0.3 is 6.18 Å². The third-order valence-corrected chi connectivity index (χ3v) is 2.46. The van der Waals surface area contributed by atoms with Crippen molar-refractivity contribution in [2.24, 2.45) is 0 Å². The van der Waals surface area contributed by atoms with Crippen molar-refractivity contribution in [1.82, 2.24) is 14.9 Å². The summed E-state index contributed by atoms with van der Waals surface area (Å²) in [6, 6.07) is 1.42. The molecule has 0 aromatic carbocycles. The number of hydrogen-bond acceptors (Lipinski definition) is 5. The number of nitrogen functional groups attached to an aromatic ring is 1. The quantitative estimate of drug-likeness (QED) is 0.860. The maximum atomic E-state index is 12.5. The van der Waals surface area contributed by atoms with Crippen LogP contribution in [0.15, 0.2) is 6.07 Å². The van der Waals surface area contributed by atoms with Crippen LogP contribution in [0.4, 0.5) is 24.8 Å². The normalized spacial score (nSPS) is 13.7. The highest BCUT2D eigenvalue weighted by atomic mass is 19.4. The number of nitrogens with zero attached hydrogens (tertiary/aromatic N) is 3. The van der Waals surface area contributed by atoms with Crippen LogP contribution in [0.2, 0.25) is 0 Å². The summed E-state index contributed by atoms with van der Waals surface area (Å²) in [5.41, 5.74) is 5.32. The van der Waals surface area contributed by atoms with Crippen molar-refractivity contribution in [2.75, 3.05) is 31.7 Å². The maximum Gasteiger partial charge on any atom is 0.451 e. The van der Waals surface area contributed by atoms with E-state index in [1.807, 2.05) is 25.9 Å². The lowest BCUT2D eigenvalue weighted by molar-refractivity contribution is -0.144. The summed E-state index contributed by atoms with van der Waals surface area (Å²) in [4.78, 5) is 8.48. The molecule has 1 atom stereocenters. The molecule has 0 aliphatic rings. The Balaban J connectivity index is 2.81. The van der Waals surface area contributed by atoms with Gasteiger partial charge in [0.05, 0.1) is 0 Å². The van der Waals surface area contributed by atoms with Gasteiger partial charge in [0.2, 0.25) is 5.82 Å². The second-order valence-corrected chi connectivity index (χ2v) is 4.19. The summed E-state index contributed by atoms with van der Waals surface area (Å²) in [5, 5.41) is 2.81. The Morgan fingerprint density at radius 1 is 1.39 bits per heavy atom. The van der Waals surface area contributed by atoms with E-state index in [-0.39, 0.29) is 17.7 Å². The van der Waals surface area contributed by atoms with Gasteiger partial charge < -0.3 is 16.0 Å². The van der Waals surface area contributed by atoms with Gasteiger partial charge in [-0.1, -0.05) is 0 Å². The molecule has 0 aliphatic heterocycles. The molecule has 0 fully saturated rings. The maximum absolute atomic E-state index is 12.5. The van der Waals surface area contributed by atoms with Crippen molar-refractivity contribution in [3.63, 3.8) is 0 Å². The number of hydrogen-bond donors (Lipinski definition) is 2. The number of nitrogens with one attached hydrogen (secondary N) is 1. The molecular formula is C10H16F3N5. The molecular weight excluding hydrogens is 247 g/mol. The lowest BCUT2D eigenvalue weighted by atomic mass is 10.3. The van der Waals surface area contributed by atoms with E-state index >= 15 is 0 Å². The summed E-state index contributed by atoms with van der Waals surface area (Å²) in [7, 11) is 3.75. The molecule has 1 aromatic rings. The van der Waals surface area contributed by atoms with E-state index in [1.54, 1.807) is 0 Å². The van der Waals surface area contributed by atoms with Crippen LogP contribution >= 0.6 is 0 Å².